The lowest BCUT2D eigenvalue weighted by Gasteiger charge is -2.27. The van der Waals surface area contributed by atoms with Crippen molar-refractivity contribution in [2.24, 2.45) is 5.10 Å². The van der Waals surface area contributed by atoms with E-state index in [1.54, 1.807) is 13.0 Å². The molecule has 0 radical (unpaired) electrons. The molecule has 4 rings (SSSR count). The van der Waals surface area contributed by atoms with Crippen LogP contribution in [0.25, 0.3) is 11.0 Å². The summed E-state index contributed by atoms with van der Waals surface area (Å²) >= 11 is 12.8. The Morgan fingerprint density at radius 1 is 1.29 bits per heavy atom. The van der Waals surface area contributed by atoms with E-state index in [1.807, 2.05) is 17.6 Å². The van der Waals surface area contributed by atoms with Crippen LogP contribution >= 0.6 is 23.2 Å². The van der Waals surface area contributed by atoms with Gasteiger partial charge in [0.2, 0.25) is 11.6 Å². The number of benzene rings is 1. The summed E-state index contributed by atoms with van der Waals surface area (Å²) in [6.45, 7) is 1.64. The lowest BCUT2D eigenvalue weighted by Crippen LogP contribution is -2.36. The molecule has 0 spiro atoms. The minimum absolute atomic E-state index is 0.0642. The Kier molecular flexibility index (Phi) is 7.33. The summed E-state index contributed by atoms with van der Waals surface area (Å²) in [5.74, 6) is -0.560. The molecular weight excluding hydrogens is 497 g/mol. The molecule has 0 atom stereocenters. The van der Waals surface area contributed by atoms with Gasteiger partial charge in [0.1, 0.15) is 18.0 Å². The second-order valence-electron chi connectivity index (χ2n) is 7.45. The van der Waals surface area contributed by atoms with Gasteiger partial charge in [-0.15, -0.1) is 0 Å². The second-order valence-corrected chi connectivity index (χ2v) is 8.27. The van der Waals surface area contributed by atoms with Crippen molar-refractivity contribution in [1.82, 2.24) is 19.9 Å². The maximum Gasteiger partial charge on any atom is 0.414 e. The number of hydrogen-bond donors (Lipinski definition) is 2. The van der Waals surface area contributed by atoms with E-state index in [9.17, 15) is 9.59 Å². The van der Waals surface area contributed by atoms with Gasteiger partial charge in [0.05, 0.1) is 27.7 Å². The van der Waals surface area contributed by atoms with Crippen LogP contribution in [-0.4, -0.2) is 38.9 Å². The zero-order chi connectivity index (χ0) is 24.9. The van der Waals surface area contributed by atoms with Crippen LogP contribution in [0, 0.1) is 11.3 Å². The zero-order valence-corrected chi connectivity index (χ0v) is 19.9. The van der Waals surface area contributed by atoms with Gasteiger partial charge in [-0.05, 0) is 44.4 Å². The molecule has 180 valence electrons. The largest absolute Gasteiger partial charge is 0.450 e. The Labute approximate surface area is 209 Å². The Balaban J connectivity index is 1.52. The summed E-state index contributed by atoms with van der Waals surface area (Å²) in [6.07, 6.45) is 5.81. The maximum absolute atomic E-state index is 12.0. The minimum atomic E-state index is -1.03. The number of halogens is 2. The van der Waals surface area contributed by atoms with Crippen LogP contribution in [-0.2, 0) is 9.53 Å². The van der Waals surface area contributed by atoms with E-state index in [4.69, 9.17) is 33.2 Å². The van der Waals surface area contributed by atoms with Gasteiger partial charge in [0.15, 0.2) is 5.75 Å². The lowest BCUT2D eigenvalue weighted by molar-refractivity contribution is -0.114. The summed E-state index contributed by atoms with van der Waals surface area (Å²) in [7, 11) is 0. The molecule has 1 saturated carbocycles. The fourth-order valence-electron chi connectivity index (χ4n) is 3.37. The van der Waals surface area contributed by atoms with Crippen molar-refractivity contribution in [3.63, 3.8) is 0 Å². The zero-order valence-electron chi connectivity index (χ0n) is 18.4. The molecule has 0 aliphatic heterocycles. The van der Waals surface area contributed by atoms with E-state index >= 15 is 0 Å². The van der Waals surface area contributed by atoms with Crippen LogP contribution in [0.5, 0.6) is 11.6 Å². The Morgan fingerprint density at radius 2 is 2.03 bits per heavy atom. The molecule has 2 heterocycles. The molecule has 3 aromatic rings. The normalized spacial score (nSPS) is 13.6. The number of amides is 2. The number of ether oxygens (including phenoxy) is 2. The third kappa shape index (κ3) is 5.29. The maximum atomic E-state index is 12.0. The second kappa shape index (κ2) is 10.6. The number of alkyl carbamates (subject to hydrolysis) is 1. The summed E-state index contributed by atoms with van der Waals surface area (Å²) in [6, 6.07) is 6.79. The highest BCUT2D eigenvalue weighted by Gasteiger charge is 2.23. The summed E-state index contributed by atoms with van der Waals surface area (Å²) in [4.78, 5) is 31.9. The number of hydrogen-bond acceptors (Lipinski definition) is 9. The van der Waals surface area contributed by atoms with E-state index in [1.165, 1.54) is 24.9 Å². The Bertz CT molecular complexity index is 1340. The molecule has 11 nitrogen and oxygen atoms in total. The van der Waals surface area contributed by atoms with Crippen molar-refractivity contribution in [2.75, 3.05) is 12.0 Å². The number of nitrogens with zero attached hydrogens (tertiary/aromatic N) is 5. The average molecular weight is 516 g/mol. The topological polar surface area (TPSA) is 144 Å². The summed E-state index contributed by atoms with van der Waals surface area (Å²) in [5.41, 5.74) is 2.94. The molecule has 2 N–H and O–H groups in total. The SMILES string of the molecule is CCOC(=O)NC(=O)C(C#N)=NNc1cc(Cl)c(Oc2ncnc3c2ccn3C2CCC2)c(Cl)c1. The van der Waals surface area contributed by atoms with Crippen LogP contribution < -0.4 is 15.5 Å². The standard InChI is InChI=1S/C22H19Cl2N7O4/c1-2-34-22(33)28-20(32)17(10-25)30-29-12-8-15(23)18(16(24)9-12)35-21-14-6-7-31(13-4-3-5-13)19(14)26-11-27-21/h6-9,11,13,29H,2-5H2,1H3,(H,28,32,33). The Hall–Kier alpha value is -3.88. The van der Waals surface area contributed by atoms with Crippen molar-refractivity contribution >= 4 is 57.6 Å². The van der Waals surface area contributed by atoms with Crippen LogP contribution in [0.1, 0.15) is 32.2 Å². The molecule has 1 aliphatic carbocycles. The van der Waals surface area contributed by atoms with E-state index < -0.39 is 17.7 Å². The van der Waals surface area contributed by atoms with E-state index in [-0.39, 0.29) is 28.1 Å². The fourth-order valence-corrected chi connectivity index (χ4v) is 3.94. The molecule has 0 saturated heterocycles. The first-order valence-corrected chi connectivity index (χ1v) is 11.4. The molecule has 2 aromatic heterocycles. The predicted octanol–water partition coefficient (Wildman–Crippen LogP) is 4.82. The quantitative estimate of drug-likeness (QED) is 0.336. The monoisotopic (exact) mass is 515 g/mol. The van der Waals surface area contributed by atoms with Gasteiger partial charge < -0.3 is 14.0 Å². The van der Waals surface area contributed by atoms with Crippen molar-refractivity contribution in [2.45, 2.75) is 32.2 Å². The van der Waals surface area contributed by atoms with Crippen LogP contribution in [0.2, 0.25) is 10.0 Å². The highest BCUT2D eigenvalue weighted by atomic mass is 35.5. The van der Waals surface area contributed by atoms with Gasteiger partial charge >= 0.3 is 6.09 Å². The van der Waals surface area contributed by atoms with Gasteiger partial charge in [-0.3, -0.25) is 15.5 Å². The first-order chi connectivity index (χ1) is 16.9. The minimum Gasteiger partial charge on any atom is -0.450 e. The number of nitrogens with one attached hydrogen (secondary N) is 2. The third-order valence-corrected chi connectivity index (χ3v) is 5.81. The summed E-state index contributed by atoms with van der Waals surface area (Å²) < 4.78 is 12.7. The molecular formula is C22H19Cl2N7O4. The Morgan fingerprint density at radius 3 is 2.66 bits per heavy atom. The van der Waals surface area contributed by atoms with E-state index in [0.29, 0.717) is 11.9 Å². The van der Waals surface area contributed by atoms with Crippen molar-refractivity contribution < 1.29 is 19.1 Å². The molecule has 1 fully saturated rings. The van der Waals surface area contributed by atoms with Crippen molar-refractivity contribution in [3.8, 4) is 17.7 Å². The molecule has 35 heavy (non-hydrogen) atoms. The molecule has 0 bridgehead atoms. The highest BCUT2D eigenvalue weighted by Crippen LogP contribution is 2.41. The number of nitriles is 1. The van der Waals surface area contributed by atoms with Crippen LogP contribution in [0.4, 0.5) is 10.5 Å². The summed E-state index contributed by atoms with van der Waals surface area (Å²) in [5, 5.41) is 15.7. The van der Waals surface area contributed by atoms with Crippen LogP contribution in [0.15, 0.2) is 35.8 Å². The fraction of sp³-hybridized carbons (Fsp3) is 0.273. The predicted molar refractivity (Wildman–Crippen MR) is 129 cm³/mol. The van der Waals surface area contributed by atoms with Gasteiger partial charge in [0.25, 0.3) is 5.91 Å². The number of carbonyl (C=O) groups is 2. The highest BCUT2D eigenvalue weighted by molar-refractivity contribution is 6.47. The third-order valence-electron chi connectivity index (χ3n) is 5.25. The lowest BCUT2D eigenvalue weighted by atomic mass is 9.93. The van der Waals surface area contributed by atoms with Crippen molar-refractivity contribution in [3.05, 3.63) is 40.8 Å². The number of fused-ring (bicyclic) bond motifs is 1. The van der Waals surface area contributed by atoms with Gasteiger partial charge in [-0.2, -0.15) is 10.4 Å². The van der Waals surface area contributed by atoms with E-state index in [2.05, 4.69) is 29.8 Å². The van der Waals surface area contributed by atoms with Gasteiger partial charge in [-0.1, -0.05) is 23.2 Å². The smallest absolute Gasteiger partial charge is 0.414 e. The number of carbonyl (C=O) groups excluding carboxylic acids is 2. The molecule has 1 aliphatic rings. The first kappa shape index (κ1) is 24.3. The van der Waals surface area contributed by atoms with Crippen molar-refractivity contribution in [1.29, 1.82) is 5.26 Å². The number of imide groups is 1. The first-order valence-electron chi connectivity index (χ1n) is 10.6. The van der Waals surface area contributed by atoms with Gasteiger partial charge in [-0.25, -0.2) is 14.8 Å². The van der Waals surface area contributed by atoms with E-state index in [0.717, 1.165) is 23.9 Å². The number of rotatable bonds is 7. The number of hydrazone groups is 1. The molecule has 0 unspecified atom stereocenters. The number of aromatic nitrogens is 3. The number of anilines is 1. The van der Waals surface area contributed by atoms with Crippen LogP contribution in [0.3, 0.4) is 0 Å². The van der Waals surface area contributed by atoms with Gasteiger partial charge in [0, 0.05) is 12.2 Å². The molecule has 1 aromatic carbocycles. The molecule has 13 heteroatoms. The average Bonchev–Trinajstić information content (AvgIpc) is 3.20. The molecule has 2 amide bonds.